The Morgan fingerprint density at radius 1 is 1.15 bits per heavy atom. The van der Waals surface area contributed by atoms with E-state index in [9.17, 15) is 10.1 Å². The molecule has 27 heavy (non-hydrogen) atoms. The maximum atomic E-state index is 12.8. The molecule has 0 spiro atoms. The van der Waals surface area contributed by atoms with Crippen LogP contribution in [0.2, 0.25) is 0 Å². The smallest absolute Gasteiger partial charge is 0.280 e. The fourth-order valence-electron chi connectivity index (χ4n) is 2.76. The molecule has 2 N–H and O–H groups in total. The number of fused-ring (bicyclic) bond motifs is 1. The van der Waals surface area contributed by atoms with E-state index in [1.165, 1.54) is 10.7 Å². The lowest BCUT2D eigenvalue weighted by Crippen LogP contribution is -2.17. The van der Waals surface area contributed by atoms with E-state index in [2.05, 4.69) is 26.5 Å². The number of nitriles is 1. The molecule has 0 fully saturated rings. The highest BCUT2D eigenvalue weighted by Gasteiger charge is 2.16. The minimum atomic E-state index is -0.255. The van der Waals surface area contributed by atoms with Crippen molar-refractivity contribution < 1.29 is 0 Å². The average molecular weight is 379 g/mol. The van der Waals surface area contributed by atoms with Gasteiger partial charge in [-0.25, -0.2) is 4.98 Å². The van der Waals surface area contributed by atoms with Crippen LogP contribution in [0, 0.1) is 11.3 Å². The van der Waals surface area contributed by atoms with Crippen molar-refractivity contribution in [3.05, 3.63) is 82.5 Å². The highest BCUT2D eigenvalue weighted by atomic mass is 35.5. The standard InChI is InChI=1S/C19H14N6O.ClH/c20-10-15-17(22-11-13-6-8-21-9-7-13)24-25-18(15)23-12-16(19(25)26)14-4-2-1-3-5-14;/h1-9,12,22,24H,11H2;1H. The van der Waals surface area contributed by atoms with Crippen LogP contribution in [0.3, 0.4) is 0 Å². The molecule has 0 aliphatic carbocycles. The summed E-state index contributed by atoms with van der Waals surface area (Å²) in [5.41, 5.74) is 2.60. The number of pyridine rings is 1. The minimum absolute atomic E-state index is 0. The Bertz CT molecular complexity index is 1160. The number of nitrogens with zero attached hydrogens (tertiary/aromatic N) is 4. The van der Waals surface area contributed by atoms with Gasteiger partial charge < -0.3 is 5.32 Å². The summed E-state index contributed by atoms with van der Waals surface area (Å²) in [5, 5.41) is 15.6. The van der Waals surface area contributed by atoms with E-state index in [0.29, 0.717) is 29.1 Å². The summed E-state index contributed by atoms with van der Waals surface area (Å²) in [6.45, 7) is 0.490. The number of benzene rings is 1. The Morgan fingerprint density at radius 2 is 1.89 bits per heavy atom. The molecular weight excluding hydrogens is 364 g/mol. The Labute approximate surface area is 160 Å². The predicted octanol–water partition coefficient (Wildman–Crippen LogP) is 2.99. The fraction of sp³-hybridized carbons (Fsp3) is 0.0526. The van der Waals surface area contributed by atoms with Crippen molar-refractivity contribution in [2.45, 2.75) is 6.54 Å². The number of aromatic amines is 1. The number of aromatic nitrogens is 4. The van der Waals surface area contributed by atoms with Crippen LogP contribution in [-0.4, -0.2) is 19.6 Å². The van der Waals surface area contributed by atoms with Crippen molar-refractivity contribution in [3.63, 3.8) is 0 Å². The fourth-order valence-corrected chi connectivity index (χ4v) is 2.76. The van der Waals surface area contributed by atoms with Gasteiger partial charge in [0.25, 0.3) is 5.56 Å². The van der Waals surface area contributed by atoms with Gasteiger partial charge in [0.05, 0.1) is 5.56 Å². The number of rotatable bonds is 4. The van der Waals surface area contributed by atoms with E-state index in [4.69, 9.17) is 0 Å². The second-order valence-electron chi connectivity index (χ2n) is 5.68. The molecule has 0 radical (unpaired) electrons. The van der Waals surface area contributed by atoms with E-state index < -0.39 is 0 Å². The number of H-pyrrole nitrogens is 1. The van der Waals surface area contributed by atoms with E-state index >= 15 is 0 Å². The molecule has 4 rings (SSSR count). The topological polar surface area (TPSA) is 98.9 Å². The van der Waals surface area contributed by atoms with Gasteiger partial charge in [0.1, 0.15) is 17.5 Å². The van der Waals surface area contributed by atoms with Crippen LogP contribution < -0.4 is 10.9 Å². The quantitative estimate of drug-likeness (QED) is 0.568. The van der Waals surface area contributed by atoms with Crippen molar-refractivity contribution in [3.8, 4) is 17.2 Å². The van der Waals surface area contributed by atoms with Gasteiger partial charge in [-0.1, -0.05) is 30.3 Å². The monoisotopic (exact) mass is 378 g/mol. The second kappa shape index (κ2) is 7.72. The highest BCUT2D eigenvalue weighted by Crippen LogP contribution is 2.20. The number of nitrogens with one attached hydrogen (secondary N) is 2. The zero-order valence-electron chi connectivity index (χ0n) is 14.1. The first-order valence-electron chi connectivity index (χ1n) is 8.00. The van der Waals surface area contributed by atoms with Gasteiger partial charge in [-0.15, -0.1) is 12.4 Å². The van der Waals surface area contributed by atoms with Crippen LogP contribution in [0.15, 0.2) is 65.8 Å². The van der Waals surface area contributed by atoms with Gasteiger partial charge >= 0.3 is 0 Å². The van der Waals surface area contributed by atoms with Gasteiger partial charge in [0.15, 0.2) is 5.65 Å². The predicted molar refractivity (Wildman–Crippen MR) is 105 cm³/mol. The molecule has 3 heterocycles. The summed E-state index contributed by atoms with van der Waals surface area (Å²) in [5.74, 6) is 0.458. The summed E-state index contributed by atoms with van der Waals surface area (Å²) in [4.78, 5) is 21.1. The summed E-state index contributed by atoms with van der Waals surface area (Å²) in [6, 6.07) is 15.2. The summed E-state index contributed by atoms with van der Waals surface area (Å²) in [6.07, 6.45) is 4.91. The highest BCUT2D eigenvalue weighted by molar-refractivity contribution is 5.85. The van der Waals surface area contributed by atoms with E-state index in [1.807, 2.05) is 42.5 Å². The molecule has 0 bridgehead atoms. The summed E-state index contributed by atoms with van der Waals surface area (Å²) < 4.78 is 1.30. The number of hydrogen-bond donors (Lipinski definition) is 2. The molecule has 0 saturated heterocycles. The molecule has 3 aromatic heterocycles. The van der Waals surface area contributed by atoms with Crippen LogP contribution in [0.25, 0.3) is 16.8 Å². The first kappa shape index (κ1) is 18.2. The van der Waals surface area contributed by atoms with Crippen molar-refractivity contribution >= 4 is 23.9 Å². The molecule has 0 aliphatic heterocycles. The summed E-state index contributed by atoms with van der Waals surface area (Å²) in [7, 11) is 0. The SMILES string of the molecule is Cl.N#Cc1c(NCc2ccncc2)[nH]n2c(=O)c(-c3ccccc3)cnc12. The lowest BCUT2D eigenvalue weighted by molar-refractivity contribution is 0.898. The number of anilines is 1. The Hall–Kier alpha value is -3.63. The van der Waals surface area contributed by atoms with Gasteiger partial charge in [-0.05, 0) is 23.3 Å². The molecule has 0 atom stereocenters. The Balaban J connectivity index is 0.00000210. The molecule has 0 saturated carbocycles. The van der Waals surface area contributed by atoms with Crippen LogP contribution in [0.1, 0.15) is 11.1 Å². The molecule has 0 amide bonds. The third kappa shape index (κ3) is 3.38. The lowest BCUT2D eigenvalue weighted by Gasteiger charge is -2.03. The van der Waals surface area contributed by atoms with E-state index in [-0.39, 0.29) is 18.0 Å². The molecule has 1 aromatic carbocycles. The second-order valence-corrected chi connectivity index (χ2v) is 5.68. The zero-order chi connectivity index (χ0) is 17.9. The molecule has 134 valence electrons. The van der Waals surface area contributed by atoms with Gasteiger partial charge in [-0.3, -0.25) is 14.9 Å². The lowest BCUT2D eigenvalue weighted by atomic mass is 10.1. The maximum absolute atomic E-state index is 12.8. The minimum Gasteiger partial charge on any atom is -0.365 e. The third-order valence-electron chi connectivity index (χ3n) is 4.07. The molecule has 0 unspecified atom stereocenters. The largest absolute Gasteiger partial charge is 0.365 e. The molecular formula is C19H15ClN6O. The van der Waals surface area contributed by atoms with Crippen molar-refractivity contribution in [2.75, 3.05) is 5.32 Å². The van der Waals surface area contributed by atoms with Gasteiger partial charge in [0, 0.05) is 25.1 Å². The summed E-state index contributed by atoms with van der Waals surface area (Å²) >= 11 is 0. The Morgan fingerprint density at radius 3 is 2.59 bits per heavy atom. The van der Waals surface area contributed by atoms with Crippen LogP contribution in [-0.2, 0) is 6.54 Å². The molecule has 7 nitrogen and oxygen atoms in total. The number of hydrogen-bond acceptors (Lipinski definition) is 5. The van der Waals surface area contributed by atoms with Crippen molar-refractivity contribution in [1.29, 1.82) is 5.26 Å². The molecule has 4 aromatic rings. The van der Waals surface area contributed by atoms with Gasteiger partial charge in [-0.2, -0.15) is 9.78 Å². The maximum Gasteiger partial charge on any atom is 0.280 e. The van der Waals surface area contributed by atoms with E-state index in [1.54, 1.807) is 12.4 Å². The molecule has 8 heteroatoms. The first-order chi connectivity index (χ1) is 12.8. The zero-order valence-corrected chi connectivity index (χ0v) is 14.9. The average Bonchev–Trinajstić information content (AvgIpc) is 3.06. The van der Waals surface area contributed by atoms with Crippen LogP contribution >= 0.6 is 12.4 Å². The van der Waals surface area contributed by atoms with Crippen LogP contribution in [0.4, 0.5) is 5.82 Å². The Kier molecular flexibility index (Phi) is 5.20. The van der Waals surface area contributed by atoms with Crippen LogP contribution in [0.5, 0.6) is 0 Å². The normalized spacial score (nSPS) is 10.2. The van der Waals surface area contributed by atoms with Crippen molar-refractivity contribution in [1.82, 2.24) is 19.6 Å². The van der Waals surface area contributed by atoms with E-state index in [0.717, 1.165) is 11.1 Å². The van der Waals surface area contributed by atoms with Gasteiger partial charge in [0.2, 0.25) is 0 Å². The number of halogens is 1. The molecule has 0 aliphatic rings. The van der Waals surface area contributed by atoms with Crippen molar-refractivity contribution in [2.24, 2.45) is 0 Å². The third-order valence-corrected chi connectivity index (χ3v) is 4.07. The first-order valence-corrected chi connectivity index (χ1v) is 8.00.